The summed E-state index contributed by atoms with van der Waals surface area (Å²) in [5.74, 6) is -2.89. The van der Waals surface area contributed by atoms with Crippen LogP contribution < -0.4 is 5.56 Å². The van der Waals surface area contributed by atoms with E-state index in [0.717, 1.165) is 44.2 Å². The van der Waals surface area contributed by atoms with E-state index in [4.69, 9.17) is 4.42 Å². The van der Waals surface area contributed by atoms with Gasteiger partial charge in [0, 0.05) is 17.0 Å². The maximum absolute atomic E-state index is 13.0. The molecule has 2 aromatic heterocycles. The van der Waals surface area contributed by atoms with Gasteiger partial charge in [0.05, 0.1) is 12.1 Å². The molecule has 0 saturated carbocycles. The number of carboxylic acids is 1. The van der Waals surface area contributed by atoms with Crippen LogP contribution in [-0.2, 0) is 11.3 Å². The highest BCUT2D eigenvalue weighted by molar-refractivity contribution is 6.39. The van der Waals surface area contributed by atoms with Gasteiger partial charge in [0.2, 0.25) is 0 Å². The zero-order valence-electron chi connectivity index (χ0n) is 20.1. The molecule has 6 rings (SSSR count). The maximum atomic E-state index is 13.0. The van der Waals surface area contributed by atoms with E-state index in [1.54, 1.807) is 6.20 Å². The summed E-state index contributed by atoms with van der Waals surface area (Å²) in [6, 6.07) is 32.3. The molecule has 0 aliphatic heterocycles. The van der Waals surface area contributed by atoms with Crippen molar-refractivity contribution in [3.63, 3.8) is 0 Å². The van der Waals surface area contributed by atoms with E-state index in [0.29, 0.717) is 5.56 Å². The molecule has 38 heavy (non-hydrogen) atoms. The molecule has 0 bridgehead atoms. The van der Waals surface area contributed by atoms with Crippen molar-refractivity contribution in [3.8, 4) is 22.3 Å². The van der Waals surface area contributed by atoms with Gasteiger partial charge in [-0.15, -0.1) is 0 Å². The molecule has 0 spiro atoms. The molecule has 0 unspecified atom stereocenters. The highest BCUT2D eigenvalue weighted by atomic mass is 16.4. The highest BCUT2D eigenvalue weighted by Gasteiger charge is 2.21. The monoisotopic (exact) mass is 499 g/mol. The zero-order valence-corrected chi connectivity index (χ0v) is 20.1. The Labute approximate surface area is 217 Å². The molecular weight excluding hydrogens is 478 g/mol. The summed E-state index contributed by atoms with van der Waals surface area (Å²) in [5.41, 5.74) is 4.80. The molecule has 0 atom stereocenters. The van der Waals surface area contributed by atoms with Crippen molar-refractivity contribution in [2.45, 2.75) is 6.54 Å². The first-order valence-electron chi connectivity index (χ1n) is 12.1. The summed E-state index contributed by atoms with van der Waals surface area (Å²) in [6.45, 7) is 0.209. The second kappa shape index (κ2) is 9.33. The molecular formula is C32H21NO5. The number of para-hydroxylation sites is 1. The Kier molecular flexibility index (Phi) is 5.69. The van der Waals surface area contributed by atoms with Crippen LogP contribution in [0.2, 0.25) is 0 Å². The molecule has 0 aliphatic carbocycles. The third-order valence-corrected chi connectivity index (χ3v) is 6.65. The number of fused-ring (bicyclic) bond motifs is 3. The molecule has 0 fully saturated rings. The zero-order chi connectivity index (χ0) is 26.2. The number of benzene rings is 4. The molecule has 0 aliphatic rings. The molecule has 6 aromatic rings. The van der Waals surface area contributed by atoms with E-state index in [1.165, 1.54) is 10.6 Å². The van der Waals surface area contributed by atoms with Crippen LogP contribution in [-0.4, -0.2) is 21.4 Å². The molecule has 0 saturated heterocycles. The minimum absolute atomic E-state index is 0.209. The first kappa shape index (κ1) is 23.2. The predicted molar refractivity (Wildman–Crippen MR) is 146 cm³/mol. The Morgan fingerprint density at radius 3 is 2.18 bits per heavy atom. The highest BCUT2D eigenvalue weighted by Crippen LogP contribution is 2.37. The van der Waals surface area contributed by atoms with E-state index in [1.807, 2.05) is 97.1 Å². The van der Waals surface area contributed by atoms with Crippen molar-refractivity contribution in [2.75, 3.05) is 0 Å². The molecule has 2 heterocycles. The SMILES string of the molecule is O=C(O)C(=O)c1cc(-c2ccc(-c3cccc4oc5ccccc5c34)cc2)cn(Cc2ccccc2)c1=O. The van der Waals surface area contributed by atoms with E-state index < -0.39 is 17.3 Å². The average molecular weight is 500 g/mol. The Hall–Kier alpha value is -5.23. The van der Waals surface area contributed by atoms with E-state index in [9.17, 15) is 19.5 Å². The number of furan rings is 1. The van der Waals surface area contributed by atoms with E-state index >= 15 is 0 Å². The topological polar surface area (TPSA) is 89.5 Å². The van der Waals surface area contributed by atoms with Crippen LogP contribution >= 0.6 is 0 Å². The second-order valence-electron chi connectivity index (χ2n) is 9.05. The Balaban J connectivity index is 1.45. The number of hydrogen-bond donors (Lipinski definition) is 1. The fourth-order valence-corrected chi connectivity index (χ4v) is 4.83. The quantitative estimate of drug-likeness (QED) is 0.212. The van der Waals surface area contributed by atoms with Gasteiger partial charge in [-0.3, -0.25) is 9.59 Å². The summed E-state index contributed by atoms with van der Waals surface area (Å²) < 4.78 is 7.41. The number of aliphatic carboxylic acids is 1. The lowest BCUT2D eigenvalue weighted by atomic mass is 9.96. The normalized spacial score (nSPS) is 11.2. The van der Waals surface area contributed by atoms with Crippen LogP contribution in [0.5, 0.6) is 0 Å². The van der Waals surface area contributed by atoms with Gasteiger partial charge in [0.25, 0.3) is 11.3 Å². The van der Waals surface area contributed by atoms with Gasteiger partial charge in [-0.25, -0.2) is 4.79 Å². The van der Waals surface area contributed by atoms with Crippen molar-refractivity contribution >= 4 is 33.7 Å². The van der Waals surface area contributed by atoms with Gasteiger partial charge in [-0.2, -0.15) is 0 Å². The number of aromatic nitrogens is 1. The van der Waals surface area contributed by atoms with Gasteiger partial charge >= 0.3 is 5.97 Å². The fraction of sp³-hybridized carbons (Fsp3) is 0.0312. The number of carboxylic acid groups (broad SMARTS) is 1. The lowest BCUT2D eigenvalue weighted by molar-refractivity contribution is -0.131. The smallest absolute Gasteiger partial charge is 0.377 e. The first-order valence-corrected chi connectivity index (χ1v) is 12.1. The van der Waals surface area contributed by atoms with Gasteiger partial charge in [-0.1, -0.05) is 84.9 Å². The molecule has 184 valence electrons. The third kappa shape index (κ3) is 4.08. The molecule has 6 heteroatoms. The Morgan fingerprint density at radius 1 is 0.737 bits per heavy atom. The summed E-state index contributed by atoms with van der Waals surface area (Å²) in [7, 11) is 0. The summed E-state index contributed by atoms with van der Waals surface area (Å²) in [5, 5.41) is 11.4. The number of pyridine rings is 1. The van der Waals surface area contributed by atoms with Gasteiger partial charge in [-0.05, 0) is 46.0 Å². The average Bonchev–Trinajstić information content (AvgIpc) is 3.33. The van der Waals surface area contributed by atoms with Gasteiger partial charge < -0.3 is 14.1 Å². The standard InChI is InChI=1S/C32H21NO5/c34-30(32(36)37)26-17-23(19-33(31(26)35)18-20-7-2-1-3-8-20)21-13-15-22(16-14-21)24-10-6-12-28-29(24)25-9-4-5-11-27(25)38-28/h1-17,19H,18H2,(H,36,37). The van der Waals surface area contributed by atoms with Crippen LogP contribution in [0.15, 0.2) is 119 Å². The summed E-state index contributed by atoms with van der Waals surface area (Å²) in [6.07, 6.45) is 1.66. The predicted octanol–water partition coefficient (Wildman–Crippen LogP) is 6.40. The number of carbonyl (C=O) groups excluding carboxylic acids is 1. The minimum atomic E-state index is -1.67. The van der Waals surface area contributed by atoms with Crippen LogP contribution in [0, 0.1) is 0 Å². The fourth-order valence-electron chi connectivity index (χ4n) is 4.83. The lowest BCUT2D eigenvalue weighted by Gasteiger charge is -2.12. The molecule has 0 radical (unpaired) electrons. The molecule has 0 amide bonds. The lowest BCUT2D eigenvalue weighted by Crippen LogP contribution is -2.29. The number of ketones is 1. The van der Waals surface area contributed by atoms with Crippen LogP contribution in [0.3, 0.4) is 0 Å². The minimum Gasteiger partial charge on any atom is -0.475 e. The molecule has 4 aromatic carbocycles. The number of hydrogen-bond acceptors (Lipinski definition) is 4. The van der Waals surface area contributed by atoms with Crippen LogP contribution in [0.1, 0.15) is 15.9 Å². The number of rotatable bonds is 6. The summed E-state index contributed by atoms with van der Waals surface area (Å²) >= 11 is 0. The van der Waals surface area contributed by atoms with Gasteiger partial charge in [0.15, 0.2) is 0 Å². The van der Waals surface area contributed by atoms with Crippen molar-refractivity contribution < 1.29 is 19.1 Å². The van der Waals surface area contributed by atoms with Crippen LogP contribution in [0.25, 0.3) is 44.2 Å². The van der Waals surface area contributed by atoms with Crippen molar-refractivity contribution in [1.82, 2.24) is 4.57 Å². The Bertz CT molecular complexity index is 1900. The number of nitrogens with zero attached hydrogens (tertiary/aromatic N) is 1. The molecule has 6 nitrogen and oxygen atoms in total. The van der Waals surface area contributed by atoms with Gasteiger partial charge in [0.1, 0.15) is 11.2 Å². The second-order valence-corrected chi connectivity index (χ2v) is 9.05. The first-order chi connectivity index (χ1) is 18.5. The maximum Gasteiger partial charge on any atom is 0.377 e. The van der Waals surface area contributed by atoms with E-state index in [2.05, 4.69) is 0 Å². The Morgan fingerprint density at radius 2 is 1.42 bits per heavy atom. The van der Waals surface area contributed by atoms with Crippen molar-refractivity contribution in [2.24, 2.45) is 0 Å². The van der Waals surface area contributed by atoms with E-state index in [-0.39, 0.29) is 12.1 Å². The molecule has 1 N–H and O–H groups in total. The van der Waals surface area contributed by atoms with Crippen molar-refractivity contribution in [3.05, 3.63) is 131 Å². The largest absolute Gasteiger partial charge is 0.475 e. The number of carbonyl (C=O) groups is 2. The summed E-state index contributed by atoms with van der Waals surface area (Å²) in [4.78, 5) is 36.8. The van der Waals surface area contributed by atoms with Crippen molar-refractivity contribution in [1.29, 1.82) is 0 Å². The third-order valence-electron chi connectivity index (χ3n) is 6.65. The van der Waals surface area contributed by atoms with Crippen LogP contribution in [0.4, 0.5) is 0 Å². The number of Topliss-reactive ketones (excluding diaryl/α,β-unsaturated/α-hetero) is 1.